The molecule has 7 aromatic carbocycles. The maximum Gasteiger partial charge on any atom is 0.211 e. The van der Waals surface area contributed by atoms with Crippen LogP contribution in [0.1, 0.15) is 5.56 Å². The molecule has 0 unspecified atom stereocenters. The zero-order valence-electron chi connectivity index (χ0n) is 25.8. The summed E-state index contributed by atoms with van der Waals surface area (Å²) in [6.45, 7) is 7.93. The fourth-order valence-corrected chi connectivity index (χ4v) is 7.39. The SMILES string of the molecule is [C-]#[N+]c1cccc2c3ccccc3n(-c3cccc(-c4cccc(-c5ccccc5-n5c6ccccc6c6ccccc65)c4C#N)c3)c12. The van der Waals surface area contributed by atoms with Crippen molar-refractivity contribution < 1.29 is 0 Å². The van der Waals surface area contributed by atoms with Crippen molar-refractivity contribution in [2.45, 2.75) is 0 Å². The number of hydrogen-bond donors (Lipinski definition) is 0. The lowest BCUT2D eigenvalue weighted by Crippen LogP contribution is -1.99. The summed E-state index contributed by atoms with van der Waals surface area (Å²) >= 11 is 0. The molecule has 2 aromatic heterocycles. The van der Waals surface area contributed by atoms with Crippen LogP contribution in [0.3, 0.4) is 0 Å². The van der Waals surface area contributed by atoms with Gasteiger partial charge in [-0.2, -0.15) is 5.26 Å². The predicted molar refractivity (Wildman–Crippen MR) is 197 cm³/mol. The van der Waals surface area contributed by atoms with Gasteiger partial charge in [-0.3, -0.25) is 0 Å². The number of rotatable bonds is 4. The van der Waals surface area contributed by atoms with E-state index in [2.05, 4.69) is 123 Å². The first-order chi connectivity index (χ1) is 23.8. The molecule has 0 radical (unpaired) electrons. The molecule has 0 atom stereocenters. The molecule has 0 saturated heterocycles. The molecule has 4 heteroatoms. The van der Waals surface area contributed by atoms with Crippen LogP contribution in [0.5, 0.6) is 0 Å². The third-order valence-electron chi connectivity index (χ3n) is 9.40. The lowest BCUT2D eigenvalue weighted by atomic mass is 9.91. The average molecular weight is 611 g/mol. The molecular formula is C44H26N4. The Bertz CT molecular complexity index is 2760. The summed E-state index contributed by atoms with van der Waals surface area (Å²) in [5.41, 5.74) is 11.0. The first kappa shape index (κ1) is 27.4. The van der Waals surface area contributed by atoms with Crippen molar-refractivity contribution in [3.63, 3.8) is 0 Å². The van der Waals surface area contributed by atoms with E-state index >= 15 is 0 Å². The number of nitrogens with zero attached hydrogens (tertiary/aromatic N) is 4. The smallest absolute Gasteiger partial charge is 0.211 e. The highest BCUT2D eigenvalue weighted by Crippen LogP contribution is 2.41. The Hall–Kier alpha value is -6.88. The predicted octanol–water partition coefficient (Wildman–Crippen LogP) is 11.6. The molecule has 4 nitrogen and oxygen atoms in total. The van der Waals surface area contributed by atoms with E-state index in [9.17, 15) is 5.26 Å². The summed E-state index contributed by atoms with van der Waals surface area (Å²) in [6, 6.07) is 56.5. The molecule has 0 aliphatic rings. The van der Waals surface area contributed by atoms with Gasteiger partial charge in [0.05, 0.1) is 39.9 Å². The lowest BCUT2D eigenvalue weighted by molar-refractivity contribution is 1.18. The van der Waals surface area contributed by atoms with Crippen molar-refractivity contribution in [3.05, 3.63) is 175 Å². The van der Waals surface area contributed by atoms with Crippen molar-refractivity contribution in [2.75, 3.05) is 0 Å². The van der Waals surface area contributed by atoms with Gasteiger partial charge in [0.15, 0.2) is 0 Å². The zero-order chi connectivity index (χ0) is 32.2. The van der Waals surface area contributed by atoms with Gasteiger partial charge in [-0.25, -0.2) is 4.85 Å². The highest BCUT2D eigenvalue weighted by molar-refractivity contribution is 6.13. The van der Waals surface area contributed by atoms with Gasteiger partial charge in [0.2, 0.25) is 5.69 Å². The van der Waals surface area contributed by atoms with E-state index in [0.717, 1.165) is 66.5 Å². The molecule has 0 bridgehead atoms. The van der Waals surface area contributed by atoms with Crippen LogP contribution in [-0.4, -0.2) is 9.13 Å². The summed E-state index contributed by atoms with van der Waals surface area (Å²) in [6.07, 6.45) is 0. The molecule has 0 saturated carbocycles. The van der Waals surface area contributed by atoms with Crippen LogP contribution in [0.4, 0.5) is 5.69 Å². The second-order valence-corrected chi connectivity index (χ2v) is 11.9. The highest BCUT2D eigenvalue weighted by atomic mass is 15.0. The molecule has 0 aliphatic heterocycles. The lowest BCUT2D eigenvalue weighted by Gasteiger charge is -2.17. The molecule has 0 fully saturated rings. The van der Waals surface area contributed by atoms with Gasteiger partial charge in [-0.05, 0) is 47.3 Å². The normalized spacial score (nSPS) is 11.3. The van der Waals surface area contributed by atoms with Crippen LogP contribution in [0.2, 0.25) is 0 Å². The fourth-order valence-electron chi connectivity index (χ4n) is 7.39. The van der Waals surface area contributed by atoms with Crippen LogP contribution in [-0.2, 0) is 0 Å². The molecule has 0 N–H and O–H groups in total. The molecule has 222 valence electrons. The molecule has 48 heavy (non-hydrogen) atoms. The Labute approximate surface area is 277 Å². The topological polar surface area (TPSA) is 38.0 Å². The van der Waals surface area contributed by atoms with Gasteiger partial charge in [-0.1, -0.05) is 121 Å². The van der Waals surface area contributed by atoms with E-state index in [4.69, 9.17) is 6.57 Å². The fraction of sp³-hybridized carbons (Fsp3) is 0. The minimum atomic E-state index is 0.607. The molecule has 0 spiro atoms. The second kappa shape index (κ2) is 10.9. The Morgan fingerprint density at radius 3 is 1.75 bits per heavy atom. The summed E-state index contributed by atoms with van der Waals surface area (Å²) in [4.78, 5) is 3.88. The molecule has 2 heterocycles. The van der Waals surface area contributed by atoms with Crippen molar-refractivity contribution in [3.8, 4) is 39.7 Å². The Kier molecular flexibility index (Phi) is 6.22. The third-order valence-corrected chi connectivity index (χ3v) is 9.40. The van der Waals surface area contributed by atoms with Crippen LogP contribution in [0, 0.1) is 17.9 Å². The monoisotopic (exact) mass is 610 g/mol. The van der Waals surface area contributed by atoms with Crippen molar-refractivity contribution in [1.29, 1.82) is 5.26 Å². The minimum absolute atomic E-state index is 0.607. The van der Waals surface area contributed by atoms with Gasteiger partial charge in [0.1, 0.15) is 6.07 Å². The standard InChI is InChI=1S/C44H26N4/c1-46-39-22-12-21-37-36-18-5-6-23-40(36)47(44(37)39)30-14-10-13-29(27-30)31-19-11-20-32(38(31)28-45)33-15-2-7-24-41(33)48-42-25-8-3-16-34(42)35-17-4-9-26-43(35)48/h2-27H. The summed E-state index contributed by atoms with van der Waals surface area (Å²) in [5, 5.41) is 15.3. The molecule has 9 aromatic rings. The van der Waals surface area contributed by atoms with Gasteiger partial charge >= 0.3 is 0 Å². The number of benzene rings is 7. The highest BCUT2D eigenvalue weighted by Gasteiger charge is 2.20. The minimum Gasteiger partial charge on any atom is -0.319 e. The first-order valence-corrected chi connectivity index (χ1v) is 15.9. The Morgan fingerprint density at radius 1 is 0.500 bits per heavy atom. The van der Waals surface area contributed by atoms with Gasteiger partial charge in [-0.15, -0.1) is 0 Å². The molecule has 0 aliphatic carbocycles. The van der Waals surface area contributed by atoms with E-state index in [0.29, 0.717) is 11.3 Å². The zero-order valence-corrected chi connectivity index (χ0v) is 25.8. The number of hydrogen-bond acceptors (Lipinski definition) is 1. The third kappa shape index (κ3) is 4.01. The van der Waals surface area contributed by atoms with Crippen LogP contribution < -0.4 is 0 Å². The van der Waals surface area contributed by atoms with Crippen LogP contribution >= 0.6 is 0 Å². The number of nitriles is 1. The van der Waals surface area contributed by atoms with E-state index in [1.54, 1.807) is 0 Å². The Morgan fingerprint density at radius 2 is 1.04 bits per heavy atom. The number of aromatic nitrogens is 2. The van der Waals surface area contributed by atoms with Gasteiger partial charge in [0.25, 0.3) is 0 Å². The Balaban J connectivity index is 1.26. The maximum absolute atomic E-state index is 10.8. The maximum atomic E-state index is 10.8. The second-order valence-electron chi connectivity index (χ2n) is 11.9. The summed E-state index contributed by atoms with van der Waals surface area (Å²) in [5.74, 6) is 0. The average Bonchev–Trinajstić information content (AvgIpc) is 3.68. The van der Waals surface area contributed by atoms with E-state index in [-0.39, 0.29) is 0 Å². The van der Waals surface area contributed by atoms with Crippen LogP contribution in [0.15, 0.2) is 158 Å². The molecule has 9 rings (SSSR count). The quantitative estimate of drug-likeness (QED) is 0.183. The number of fused-ring (bicyclic) bond motifs is 6. The van der Waals surface area contributed by atoms with E-state index in [1.165, 1.54) is 10.8 Å². The van der Waals surface area contributed by atoms with Gasteiger partial charge < -0.3 is 9.13 Å². The first-order valence-electron chi connectivity index (χ1n) is 15.9. The largest absolute Gasteiger partial charge is 0.319 e. The van der Waals surface area contributed by atoms with E-state index in [1.807, 2.05) is 54.6 Å². The molecular weight excluding hydrogens is 585 g/mol. The van der Waals surface area contributed by atoms with Crippen LogP contribution in [0.25, 0.3) is 82.1 Å². The molecule has 0 amide bonds. The summed E-state index contributed by atoms with van der Waals surface area (Å²) < 4.78 is 4.49. The number of para-hydroxylation sites is 5. The van der Waals surface area contributed by atoms with Crippen molar-refractivity contribution in [1.82, 2.24) is 9.13 Å². The van der Waals surface area contributed by atoms with E-state index < -0.39 is 0 Å². The van der Waals surface area contributed by atoms with Gasteiger partial charge in [0, 0.05) is 38.5 Å². The van der Waals surface area contributed by atoms with Crippen molar-refractivity contribution in [2.24, 2.45) is 0 Å². The van der Waals surface area contributed by atoms with Crippen molar-refractivity contribution >= 4 is 49.3 Å². The summed E-state index contributed by atoms with van der Waals surface area (Å²) in [7, 11) is 0.